The molecule has 0 spiro atoms. The van der Waals surface area contributed by atoms with Crippen LogP contribution in [0.1, 0.15) is 32.8 Å². The number of nitrogens with one attached hydrogen (secondary N) is 2. The molecule has 0 saturated heterocycles. The van der Waals surface area contributed by atoms with Crippen LogP contribution < -0.4 is 10.6 Å². The Morgan fingerprint density at radius 1 is 1.24 bits per heavy atom. The molecule has 1 aromatic carbocycles. The molecule has 0 bridgehead atoms. The molecule has 0 saturated carbocycles. The minimum Gasteiger partial charge on any atom is -0.380 e. The highest BCUT2D eigenvalue weighted by atomic mass is 16.5. The SMILES string of the molecule is CCNC(=NCCOCC)NC(C)CCc1ccccc1. The Labute approximate surface area is 129 Å². The predicted molar refractivity (Wildman–Crippen MR) is 89.8 cm³/mol. The first-order valence-electron chi connectivity index (χ1n) is 7.92. The first-order chi connectivity index (χ1) is 10.3. The van der Waals surface area contributed by atoms with Crippen LogP contribution in [0.25, 0.3) is 0 Å². The van der Waals surface area contributed by atoms with E-state index in [1.54, 1.807) is 0 Å². The van der Waals surface area contributed by atoms with Crippen LogP contribution in [-0.2, 0) is 11.2 Å². The van der Waals surface area contributed by atoms with Crippen molar-refractivity contribution in [3.63, 3.8) is 0 Å². The predicted octanol–water partition coefficient (Wildman–Crippen LogP) is 2.60. The molecule has 1 aromatic rings. The van der Waals surface area contributed by atoms with E-state index >= 15 is 0 Å². The molecule has 0 fully saturated rings. The summed E-state index contributed by atoms with van der Waals surface area (Å²) in [6.45, 7) is 9.24. The van der Waals surface area contributed by atoms with Crippen molar-refractivity contribution in [3.8, 4) is 0 Å². The van der Waals surface area contributed by atoms with Gasteiger partial charge in [-0.15, -0.1) is 0 Å². The summed E-state index contributed by atoms with van der Waals surface area (Å²) >= 11 is 0. The van der Waals surface area contributed by atoms with Crippen molar-refractivity contribution >= 4 is 5.96 Å². The second-order valence-corrected chi connectivity index (χ2v) is 5.03. The summed E-state index contributed by atoms with van der Waals surface area (Å²) in [6, 6.07) is 11.0. The Bertz CT molecular complexity index is 392. The van der Waals surface area contributed by atoms with Crippen molar-refractivity contribution in [2.75, 3.05) is 26.3 Å². The molecule has 1 rings (SSSR count). The van der Waals surface area contributed by atoms with Crippen LogP contribution in [-0.4, -0.2) is 38.3 Å². The van der Waals surface area contributed by atoms with Gasteiger partial charge in [0, 0.05) is 19.2 Å². The number of ether oxygens (including phenoxy) is 1. The molecule has 4 heteroatoms. The third kappa shape index (κ3) is 8.35. The molecule has 0 aromatic heterocycles. The van der Waals surface area contributed by atoms with Gasteiger partial charge in [0.05, 0.1) is 13.2 Å². The van der Waals surface area contributed by atoms with Crippen LogP contribution in [0.3, 0.4) is 0 Å². The lowest BCUT2D eigenvalue weighted by Crippen LogP contribution is -2.42. The number of aryl methyl sites for hydroxylation is 1. The summed E-state index contributed by atoms with van der Waals surface area (Å²) in [5.74, 6) is 0.873. The summed E-state index contributed by atoms with van der Waals surface area (Å²) in [7, 11) is 0. The minimum atomic E-state index is 0.384. The molecule has 21 heavy (non-hydrogen) atoms. The number of guanidine groups is 1. The number of nitrogens with zero attached hydrogens (tertiary/aromatic N) is 1. The average molecular weight is 291 g/mol. The van der Waals surface area contributed by atoms with E-state index in [4.69, 9.17) is 4.74 Å². The number of aliphatic imine (C=N–C) groups is 1. The van der Waals surface area contributed by atoms with Crippen molar-refractivity contribution in [2.45, 2.75) is 39.7 Å². The maximum absolute atomic E-state index is 5.31. The van der Waals surface area contributed by atoms with Crippen LogP contribution in [0.15, 0.2) is 35.3 Å². The van der Waals surface area contributed by atoms with Gasteiger partial charge in [0.2, 0.25) is 0 Å². The van der Waals surface area contributed by atoms with E-state index in [2.05, 4.69) is 59.8 Å². The van der Waals surface area contributed by atoms with Gasteiger partial charge in [-0.05, 0) is 39.2 Å². The highest BCUT2D eigenvalue weighted by molar-refractivity contribution is 5.80. The Kier molecular flexibility index (Phi) is 9.29. The molecule has 0 aliphatic carbocycles. The van der Waals surface area contributed by atoms with Crippen molar-refractivity contribution < 1.29 is 4.74 Å². The molecule has 1 unspecified atom stereocenters. The lowest BCUT2D eigenvalue weighted by atomic mass is 10.1. The zero-order chi connectivity index (χ0) is 15.3. The van der Waals surface area contributed by atoms with E-state index in [1.807, 2.05) is 6.92 Å². The lowest BCUT2D eigenvalue weighted by Gasteiger charge is -2.17. The summed E-state index contributed by atoms with van der Waals surface area (Å²) in [4.78, 5) is 4.52. The Morgan fingerprint density at radius 2 is 2.00 bits per heavy atom. The summed E-state index contributed by atoms with van der Waals surface area (Å²) in [5, 5.41) is 6.72. The fourth-order valence-corrected chi connectivity index (χ4v) is 2.02. The topological polar surface area (TPSA) is 45.7 Å². The summed E-state index contributed by atoms with van der Waals surface area (Å²) in [6.07, 6.45) is 2.16. The number of rotatable bonds is 9. The summed E-state index contributed by atoms with van der Waals surface area (Å²) < 4.78 is 5.31. The van der Waals surface area contributed by atoms with E-state index < -0.39 is 0 Å². The lowest BCUT2D eigenvalue weighted by molar-refractivity contribution is 0.155. The van der Waals surface area contributed by atoms with Gasteiger partial charge in [-0.2, -0.15) is 0 Å². The standard InChI is InChI=1S/C17H29N3O/c1-4-18-17(19-13-14-21-5-2)20-15(3)11-12-16-9-7-6-8-10-16/h6-10,15H,4-5,11-14H2,1-3H3,(H2,18,19,20). The van der Waals surface area contributed by atoms with Gasteiger partial charge in [0.25, 0.3) is 0 Å². The third-order valence-electron chi connectivity index (χ3n) is 3.15. The van der Waals surface area contributed by atoms with Crippen LogP contribution >= 0.6 is 0 Å². The van der Waals surface area contributed by atoms with E-state index in [0.29, 0.717) is 19.2 Å². The maximum atomic E-state index is 5.31. The van der Waals surface area contributed by atoms with Crippen molar-refractivity contribution in [2.24, 2.45) is 4.99 Å². The number of benzene rings is 1. The quantitative estimate of drug-likeness (QED) is 0.418. The second kappa shape index (κ2) is 11.1. The van der Waals surface area contributed by atoms with E-state index in [0.717, 1.165) is 32.0 Å². The zero-order valence-corrected chi connectivity index (χ0v) is 13.6. The first-order valence-corrected chi connectivity index (χ1v) is 7.92. The van der Waals surface area contributed by atoms with Gasteiger partial charge in [0.15, 0.2) is 5.96 Å². The molecular formula is C17H29N3O. The molecule has 0 radical (unpaired) electrons. The molecule has 4 nitrogen and oxygen atoms in total. The summed E-state index contributed by atoms with van der Waals surface area (Å²) in [5.41, 5.74) is 1.38. The van der Waals surface area contributed by atoms with E-state index in [9.17, 15) is 0 Å². The normalized spacial score (nSPS) is 13.0. The van der Waals surface area contributed by atoms with Crippen molar-refractivity contribution in [3.05, 3.63) is 35.9 Å². The Balaban J connectivity index is 2.35. The van der Waals surface area contributed by atoms with Crippen LogP contribution in [0.5, 0.6) is 0 Å². The molecule has 0 aliphatic rings. The number of hydrogen-bond acceptors (Lipinski definition) is 2. The van der Waals surface area contributed by atoms with Crippen molar-refractivity contribution in [1.29, 1.82) is 0 Å². The Hall–Kier alpha value is -1.55. The maximum Gasteiger partial charge on any atom is 0.191 e. The largest absolute Gasteiger partial charge is 0.380 e. The molecule has 0 heterocycles. The van der Waals surface area contributed by atoms with E-state index in [1.165, 1.54) is 5.56 Å². The van der Waals surface area contributed by atoms with E-state index in [-0.39, 0.29) is 0 Å². The van der Waals surface area contributed by atoms with Gasteiger partial charge >= 0.3 is 0 Å². The monoisotopic (exact) mass is 291 g/mol. The third-order valence-corrected chi connectivity index (χ3v) is 3.15. The molecule has 2 N–H and O–H groups in total. The fourth-order valence-electron chi connectivity index (χ4n) is 2.02. The van der Waals surface area contributed by atoms with Gasteiger partial charge in [-0.3, -0.25) is 4.99 Å². The molecule has 118 valence electrons. The van der Waals surface area contributed by atoms with Gasteiger partial charge < -0.3 is 15.4 Å². The van der Waals surface area contributed by atoms with Crippen LogP contribution in [0.4, 0.5) is 0 Å². The van der Waals surface area contributed by atoms with Crippen LogP contribution in [0.2, 0.25) is 0 Å². The number of hydrogen-bond donors (Lipinski definition) is 2. The zero-order valence-electron chi connectivity index (χ0n) is 13.6. The smallest absolute Gasteiger partial charge is 0.191 e. The molecule has 0 amide bonds. The Morgan fingerprint density at radius 3 is 2.67 bits per heavy atom. The van der Waals surface area contributed by atoms with Gasteiger partial charge in [-0.25, -0.2) is 0 Å². The van der Waals surface area contributed by atoms with Crippen LogP contribution in [0, 0.1) is 0 Å². The molecular weight excluding hydrogens is 262 g/mol. The highest BCUT2D eigenvalue weighted by Crippen LogP contribution is 2.04. The van der Waals surface area contributed by atoms with Crippen molar-refractivity contribution in [1.82, 2.24) is 10.6 Å². The highest BCUT2D eigenvalue weighted by Gasteiger charge is 2.05. The molecule has 1 atom stereocenters. The minimum absolute atomic E-state index is 0.384. The van der Waals surface area contributed by atoms with Gasteiger partial charge in [0.1, 0.15) is 0 Å². The van der Waals surface area contributed by atoms with Gasteiger partial charge in [-0.1, -0.05) is 30.3 Å². The first kappa shape index (κ1) is 17.5. The second-order valence-electron chi connectivity index (χ2n) is 5.03. The molecule has 0 aliphatic heterocycles. The average Bonchev–Trinajstić information content (AvgIpc) is 2.51. The fraction of sp³-hybridized carbons (Fsp3) is 0.588.